The van der Waals surface area contributed by atoms with E-state index in [-0.39, 0.29) is 0 Å². The second kappa shape index (κ2) is 11.9. The van der Waals surface area contributed by atoms with Crippen molar-refractivity contribution in [2.75, 3.05) is 0 Å². The molecule has 1 aliphatic carbocycles. The van der Waals surface area contributed by atoms with Crippen molar-refractivity contribution in [3.8, 4) is 45.5 Å². The Kier molecular flexibility index (Phi) is 6.82. The number of rotatable bonds is 5. The lowest BCUT2D eigenvalue weighted by molar-refractivity contribution is 1.01. The lowest BCUT2D eigenvalue weighted by atomic mass is 9.98. The van der Waals surface area contributed by atoms with E-state index in [4.69, 9.17) is 0 Å². The molecule has 2 heteroatoms. The maximum atomic E-state index is 3.59. The largest absolute Gasteiger partial charge is 0.312 e. The molecule has 0 radical (unpaired) electrons. The van der Waals surface area contributed by atoms with E-state index in [2.05, 4.69) is 203 Å². The first-order valence-electron chi connectivity index (χ1n) is 17.5. The van der Waals surface area contributed by atoms with Crippen molar-refractivity contribution in [1.82, 2.24) is 9.13 Å². The Hall–Kier alpha value is -6.82. The molecule has 0 unspecified atom stereocenters. The van der Waals surface area contributed by atoms with Gasteiger partial charge in [0.15, 0.2) is 0 Å². The van der Waals surface area contributed by atoms with Gasteiger partial charge in [-0.05, 0) is 88.5 Å². The molecule has 0 fully saturated rings. The molecule has 2 aromatic heterocycles. The highest BCUT2D eigenvalue weighted by Gasteiger charge is 2.21. The van der Waals surface area contributed by atoms with Crippen LogP contribution in [0.4, 0.5) is 0 Å². The zero-order valence-electron chi connectivity index (χ0n) is 27.9. The summed E-state index contributed by atoms with van der Waals surface area (Å²) in [5, 5.41) is 3.69. The van der Waals surface area contributed by atoms with Gasteiger partial charge in [-0.15, -0.1) is 0 Å². The molecule has 51 heavy (non-hydrogen) atoms. The summed E-state index contributed by atoms with van der Waals surface area (Å²) in [7, 11) is 0. The molecule has 0 spiro atoms. The highest BCUT2D eigenvalue weighted by molar-refractivity contribution is 6.11. The fraction of sp³-hybridized carbons (Fsp3) is 0.0204. The lowest BCUT2D eigenvalue weighted by Crippen LogP contribution is -2.00. The molecular formula is C49H32N2. The van der Waals surface area contributed by atoms with Crippen LogP contribution in [-0.2, 0) is 6.42 Å². The number of allylic oxidation sites excluding steroid dienone is 1. The minimum absolute atomic E-state index is 0.653. The third-order valence-electron chi connectivity index (χ3n) is 10.2. The first kappa shape index (κ1) is 29.1. The minimum Gasteiger partial charge on any atom is -0.312 e. The molecule has 10 rings (SSSR count). The van der Waals surface area contributed by atoms with E-state index in [9.17, 15) is 0 Å². The van der Waals surface area contributed by atoms with Crippen LogP contribution in [0.25, 0.3) is 78.0 Å². The maximum Gasteiger partial charge on any atom is 0.0541 e. The Morgan fingerprint density at radius 3 is 1.67 bits per heavy atom. The molecule has 1 aliphatic rings. The quantitative estimate of drug-likeness (QED) is 0.164. The first-order chi connectivity index (χ1) is 25.3. The van der Waals surface area contributed by atoms with E-state index >= 15 is 0 Å². The summed E-state index contributed by atoms with van der Waals surface area (Å²) in [5.41, 5.74) is 15.3. The van der Waals surface area contributed by atoms with Crippen molar-refractivity contribution in [2.45, 2.75) is 6.42 Å². The van der Waals surface area contributed by atoms with Crippen LogP contribution in [0.15, 0.2) is 176 Å². The Bertz CT molecular complexity index is 2840. The predicted octanol–water partition coefficient (Wildman–Crippen LogP) is 12.2. The van der Waals surface area contributed by atoms with Crippen LogP contribution < -0.4 is 0 Å². The third-order valence-corrected chi connectivity index (χ3v) is 10.2. The number of benzene rings is 7. The number of aromatic nitrogens is 2. The molecule has 0 aliphatic heterocycles. The van der Waals surface area contributed by atoms with Crippen LogP contribution in [0.5, 0.6) is 0 Å². The molecule has 0 N–H and O–H groups in total. The number of para-hydroxylation sites is 2. The highest BCUT2D eigenvalue weighted by Crippen LogP contribution is 2.39. The molecule has 0 saturated heterocycles. The van der Waals surface area contributed by atoms with Crippen LogP contribution in [-0.4, -0.2) is 9.13 Å². The SMILES string of the molecule is C1#CC(c2ccc3c(c2)c2ccccc2n3-c2ccccc2)=Cc2c(n(-c3ccc(-c4ccccc4)cc3)c3ccc(-c4ccccc4)cc23)C1. The van der Waals surface area contributed by atoms with Crippen LogP contribution in [0.1, 0.15) is 16.8 Å². The van der Waals surface area contributed by atoms with Crippen molar-refractivity contribution >= 4 is 44.4 Å². The summed E-state index contributed by atoms with van der Waals surface area (Å²) in [6.45, 7) is 0. The van der Waals surface area contributed by atoms with Gasteiger partial charge in [0.05, 0.1) is 23.0 Å². The van der Waals surface area contributed by atoms with E-state index in [0.717, 1.165) is 22.5 Å². The number of hydrogen-bond donors (Lipinski definition) is 0. The maximum absolute atomic E-state index is 3.59. The van der Waals surface area contributed by atoms with Gasteiger partial charge in [-0.2, -0.15) is 0 Å². The summed E-state index contributed by atoms with van der Waals surface area (Å²) < 4.78 is 4.78. The normalized spacial score (nSPS) is 12.4. The van der Waals surface area contributed by atoms with Gasteiger partial charge in [-0.1, -0.05) is 133 Å². The molecule has 0 bridgehead atoms. The number of fused-ring (bicyclic) bond motifs is 6. The van der Waals surface area contributed by atoms with Gasteiger partial charge >= 0.3 is 0 Å². The summed E-state index contributed by atoms with van der Waals surface area (Å²) in [5.74, 6) is 7.17. The molecule has 2 nitrogen and oxygen atoms in total. The van der Waals surface area contributed by atoms with Gasteiger partial charge in [-0.3, -0.25) is 0 Å². The molecule has 7 aromatic carbocycles. The molecule has 0 saturated carbocycles. The van der Waals surface area contributed by atoms with E-state index in [1.807, 2.05) is 0 Å². The summed E-state index contributed by atoms with van der Waals surface area (Å²) >= 11 is 0. The molecule has 0 amide bonds. The Balaban J connectivity index is 1.16. The fourth-order valence-corrected chi connectivity index (χ4v) is 7.80. The van der Waals surface area contributed by atoms with Gasteiger partial charge in [-0.25, -0.2) is 0 Å². The average Bonchev–Trinajstić information content (AvgIpc) is 3.59. The second-order valence-corrected chi connectivity index (χ2v) is 13.2. The predicted molar refractivity (Wildman–Crippen MR) is 214 cm³/mol. The van der Waals surface area contributed by atoms with Crippen molar-refractivity contribution in [2.24, 2.45) is 0 Å². The van der Waals surface area contributed by atoms with Crippen molar-refractivity contribution < 1.29 is 0 Å². The van der Waals surface area contributed by atoms with Gasteiger partial charge in [0.2, 0.25) is 0 Å². The van der Waals surface area contributed by atoms with Crippen LogP contribution in [0, 0.1) is 11.8 Å². The summed E-state index contributed by atoms with van der Waals surface area (Å²) in [6.07, 6.45) is 2.99. The van der Waals surface area contributed by atoms with E-state index < -0.39 is 0 Å². The van der Waals surface area contributed by atoms with Gasteiger partial charge in [0, 0.05) is 44.4 Å². The average molecular weight is 649 g/mol. The van der Waals surface area contributed by atoms with Crippen LogP contribution in [0.2, 0.25) is 0 Å². The second-order valence-electron chi connectivity index (χ2n) is 13.2. The number of hydrogen-bond acceptors (Lipinski definition) is 0. The standard InChI is InChI=1S/C49H32N2/c1-4-13-34(14-5-1)36-23-27-41(28-24-36)51-47-22-12-17-37(31-44(47)45-32-38(25-29-49(45)51)35-15-6-2-7-16-35)39-26-30-48-43(33-39)42-20-10-11-21-46(42)50(48)40-18-8-3-9-19-40/h1-11,13-16,18-21,23-33H,22H2. The molecule has 0 atom stereocenters. The molecule has 238 valence electrons. The zero-order chi connectivity index (χ0) is 33.7. The van der Waals surface area contributed by atoms with Gasteiger partial charge in [0.25, 0.3) is 0 Å². The Morgan fingerprint density at radius 1 is 0.392 bits per heavy atom. The van der Waals surface area contributed by atoms with Crippen molar-refractivity contribution in [1.29, 1.82) is 0 Å². The molecular weight excluding hydrogens is 617 g/mol. The topological polar surface area (TPSA) is 9.86 Å². The van der Waals surface area contributed by atoms with Crippen molar-refractivity contribution in [3.63, 3.8) is 0 Å². The summed E-state index contributed by atoms with van der Waals surface area (Å²) in [6, 6.07) is 63.2. The first-order valence-corrected chi connectivity index (χ1v) is 17.5. The molecule has 9 aromatic rings. The van der Waals surface area contributed by atoms with E-state index in [1.165, 1.54) is 66.2 Å². The zero-order valence-corrected chi connectivity index (χ0v) is 27.9. The van der Waals surface area contributed by atoms with Crippen LogP contribution >= 0.6 is 0 Å². The number of nitrogens with zero attached hydrogens (tertiary/aromatic N) is 2. The van der Waals surface area contributed by atoms with E-state index in [1.54, 1.807) is 0 Å². The monoisotopic (exact) mass is 648 g/mol. The fourth-order valence-electron chi connectivity index (χ4n) is 7.80. The van der Waals surface area contributed by atoms with E-state index in [0.29, 0.717) is 6.42 Å². The third kappa shape index (κ3) is 4.91. The lowest BCUT2D eigenvalue weighted by Gasteiger charge is -2.11. The Morgan fingerprint density at radius 2 is 0.922 bits per heavy atom. The smallest absolute Gasteiger partial charge is 0.0541 e. The molecule has 2 heterocycles. The van der Waals surface area contributed by atoms with Crippen molar-refractivity contribution in [3.05, 3.63) is 193 Å². The summed E-state index contributed by atoms with van der Waals surface area (Å²) in [4.78, 5) is 0. The van der Waals surface area contributed by atoms with Gasteiger partial charge in [0.1, 0.15) is 0 Å². The highest BCUT2D eigenvalue weighted by atomic mass is 15.0. The minimum atomic E-state index is 0.653. The van der Waals surface area contributed by atoms with Crippen LogP contribution in [0.3, 0.4) is 0 Å². The Labute approximate surface area is 297 Å². The van der Waals surface area contributed by atoms with Gasteiger partial charge < -0.3 is 9.13 Å².